The molecule has 0 saturated carbocycles. The molecule has 0 bridgehead atoms. The van der Waals surface area contributed by atoms with Gasteiger partial charge in [-0.25, -0.2) is 4.79 Å². The summed E-state index contributed by atoms with van der Waals surface area (Å²) in [4.78, 5) is 29.7. The summed E-state index contributed by atoms with van der Waals surface area (Å²) in [7, 11) is 0. The second-order valence-corrected chi connectivity index (χ2v) is 6.50. The van der Waals surface area contributed by atoms with Crippen LogP contribution in [0, 0.1) is 5.92 Å². The fourth-order valence-electron chi connectivity index (χ4n) is 3.29. The second kappa shape index (κ2) is 7.47. The highest BCUT2D eigenvalue weighted by molar-refractivity contribution is 5.94. The number of aromatic carboxylic acids is 1. The van der Waals surface area contributed by atoms with Gasteiger partial charge in [0.05, 0.1) is 5.56 Å². The smallest absolute Gasteiger partial charge is 0.335 e. The summed E-state index contributed by atoms with van der Waals surface area (Å²) in [5.41, 5.74) is 3.05. The summed E-state index contributed by atoms with van der Waals surface area (Å²) in [6, 6.07) is 10.7. The summed E-state index contributed by atoms with van der Waals surface area (Å²) >= 11 is 0. The number of pyridine rings is 1. The Kier molecular flexibility index (Phi) is 5.12. The predicted octanol–water partition coefficient (Wildman–Crippen LogP) is 3.05. The monoisotopic (exact) mass is 338 g/mol. The Hall–Kier alpha value is -2.69. The van der Waals surface area contributed by atoms with Crippen molar-refractivity contribution in [3.05, 3.63) is 65.0 Å². The maximum atomic E-state index is 12.7. The zero-order chi connectivity index (χ0) is 17.8. The first-order chi connectivity index (χ1) is 12.1. The van der Waals surface area contributed by atoms with E-state index in [1.807, 2.05) is 30.0 Å². The number of carbonyl (C=O) groups excluding carboxylic acids is 1. The Morgan fingerprint density at radius 2 is 1.96 bits per heavy atom. The fraction of sp³-hybridized carbons (Fsp3) is 0.350. The van der Waals surface area contributed by atoms with Gasteiger partial charge in [0.1, 0.15) is 0 Å². The molecule has 1 N–H and O–H groups in total. The van der Waals surface area contributed by atoms with E-state index in [9.17, 15) is 9.59 Å². The zero-order valence-corrected chi connectivity index (χ0v) is 14.3. The molecule has 1 aromatic carbocycles. The van der Waals surface area contributed by atoms with Gasteiger partial charge in [-0.05, 0) is 55.0 Å². The molecule has 5 nitrogen and oxygen atoms in total. The average Bonchev–Trinajstić information content (AvgIpc) is 3.10. The average molecular weight is 338 g/mol. The first kappa shape index (κ1) is 17.1. The van der Waals surface area contributed by atoms with Crippen LogP contribution in [0.2, 0.25) is 0 Å². The van der Waals surface area contributed by atoms with Crippen molar-refractivity contribution in [1.82, 2.24) is 9.88 Å². The van der Waals surface area contributed by atoms with Crippen LogP contribution in [-0.2, 0) is 12.8 Å². The predicted molar refractivity (Wildman–Crippen MR) is 94.7 cm³/mol. The van der Waals surface area contributed by atoms with Crippen LogP contribution in [0.3, 0.4) is 0 Å². The number of amides is 1. The zero-order valence-electron chi connectivity index (χ0n) is 14.3. The number of carboxylic acids is 1. The van der Waals surface area contributed by atoms with Crippen LogP contribution in [0.4, 0.5) is 0 Å². The van der Waals surface area contributed by atoms with E-state index in [0.29, 0.717) is 17.0 Å². The SMILES string of the molecule is CCc1cc(C(=O)N2CCC(Cc3ccc(C(=O)O)cc3)C2)ccn1. The van der Waals surface area contributed by atoms with Crippen LogP contribution in [0.5, 0.6) is 0 Å². The summed E-state index contributed by atoms with van der Waals surface area (Å²) in [5.74, 6) is -0.430. The van der Waals surface area contributed by atoms with Crippen LogP contribution in [0.25, 0.3) is 0 Å². The summed E-state index contributed by atoms with van der Waals surface area (Å²) < 4.78 is 0. The van der Waals surface area contributed by atoms with E-state index in [1.165, 1.54) is 0 Å². The van der Waals surface area contributed by atoms with Gasteiger partial charge < -0.3 is 10.0 Å². The van der Waals surface area contributed by atoms with Crippen molar-refractivity contribution >= 4 is 11.9 Å². The lowest BCUT2D eigenvalue weighted by atomic mass is 9.98. The Bertz CT molecular complexity index is 771. The van der Waals surface area contributed by atoms with Crippen molar-refractivity contribution in [2.75, 3.05) is 13.1 Å². The molecule has 1 fully saturated rings. The molecule has 1 amide bonds. The normalized spacial score (nSPS) is 16.8. The number of aromatic nitrogens is 1. The third-order valence-electron chi connectivity index (χ3n) is 4.72. The van der Waals surface area contributed by atoms with E-state index < -0.39 is 5.97 Å². The molecular formula is C20H22N2O3. The minimum absolute atomic E-state index is 0.0702. The molecule has 5 heteroatoms. The van der Waals surface area contributed by atoms with Crippen LogP contribution in [0.15, 0.2) is 42.6 Å². The number of rotatable bonds is 5. The van der Waals surface area contributed by atoms with Crippen molar-refractivity contribution in [2.45, 2.75) is 26.2 Å². The molecule has 1 aliphatic rings. The van der Waals surface area contributed by atoms with Gasteiger partial charge in [0.2, 0.25) is 0 Å². The molecule has 25 heavy (non-hydrogen) atoms. The third kappa shape index (κ3) is 4.05. The van der Waals surface area contributed by atoms with Gasteiger partial charge in [-0.1, -0.05) is 19.1 Å². The van der Waals surface area contributed by atoms with Crippen LogP contribution >= 0.6 is 0 Å². The Morgan fingerprint density at radius 3 is 2.64 bits per heavy atom. The molecule has 1 saturated heterocycles. The van der Waals surface area contributed by atoms with Gasteiger partial charge >= 0.3 is 5.97 Å². The highest BCUT2D eigenvalue weighted by Crippen LogP contribution is 2.23. The minimum atomic E-state index is -0.909. The van der Waals surface area contributed by atoms with Crippen molar-refractivity contribution in [1.29, 1.82) is 0 Å². The van der Waals surface area contributed by atoms with Crippen LogP contribution in [-0.4, -0.2) is 40.0 Å². The summed E-state index contributed by atoms with van der Waals surface area (Å²) in [6.07, 6.45) is 4.35. The summed E-state index contributed by atoms with van der Waals surface area (Å²) in [6.45, 7) is 3.53. The van der Waals surface area contributed by atoms with Gasteiger partial charge in [0.15, 0.2) is 0 Å². The molecule has 1 atom stereocenters. The molecular weight excluding hydrogens is 316 g/mol. The maximum absolute atomic E-state index is 12.7. The number of benzene rings is 1. The lowest BCUT2D eigenvalue weighted by Crippen LogP contribution is -2.29. The second-order valence-electron chi connectivity index (χ2n) is 6.50. The van der Waals surface area contributed by atoms with E-state index >= 15 is 0 Å². The highest BCUT2D eigenvalue weighted by atomic mass is 16.4. The largest absolute Gasteiger partial charge is 0.478 e. The summed E-state index contributed by atoms with van der Waals surface area (Å²) in [5, 5.41) is 8.95. The van der Waals surface area contributed by atoms with Gasteiger partial charge in [0.25, 0.3) is 5.91 Å². The van der Waals surface area contributed by atoms with Gasteiger partial charge in [-0.2, -0.15) is 0 Å². The minimum Gasteiger partial charge on any atom is -0.478 e. The van der Waals surface area contributed by atoms with Crippen molar-refractivity contribution in [3.63, 3.8) is 0 Å². The molecule has 2 heterocycles. The van der Waals surface area contributed by atoms with E-state index in [1.54, 1.807) is 24.4 Å². The topological polar surface area (TPSA) is 70.5 Å². The first-order valence-electron chi connectivity index (χ1n) is 8.63. The number of likely N-dealkylation sites (tertiary alicyclic amines) is 1. The molecule has 1 aliphatic heterocycles. The molecule has 0 spiro atoms. The third-order valence-corrected chi connectivity index (χ3v) is 4.72. The molecule has 2 aromatic rings. The van der Waals surface area contributed by atoms with Crippen molar-refractivity contribution < 1.29 is 14.7 Å². The van der Waals surface area contributed by atoms with E-state index in [-0.39, 0.29) is 5.91 Å². The molecule has 1 unspecified atom stereocenters. The van der Waals surface area contributed by atoms with E-state index in [4.69, 9.17) is 5.11 Å². The Morgan fingerprint density at radius 1 is 1.20 bits per heavy atom. The van der Waals surface area contributed by atoms with Crippen LogP contribution < -0.4 is 0 Å². The lowest BCUT2D eigenvalue weighted by Gasteiger charge is -2.17. The van der Waals surface area contributed by atoms with Crippen molar-refractivity contribution in [3.8, 4) is 0 Å². The van der Waals surface area contributed by atoms with Crippen LogP contribution in [0.1, 0.15) is 45.3 Å². The number of carboxylic acid groups (broad SMARTS) is 1. The molecule has 0 aliphatic carbocycles. The Labute approximate surface area is 147 Å². The maximum Gasteiger partial charge on any atom is 0.335 e. The van der Waals surface area contributed by atoms with Gasteiger partial charge in [0, 0.05) is 30.5 Å². The van der Waals surface area contributed by atoms with Crippen molar-refractivity contribution in [2.24, 2.45) is 5.92 Å². The fourth-order valence-corrected chi connectivity index (χ4v) is 3.29. The molecule has 0 radical (unpaired) electrons. The number of carbonyl (C=O) groups is 2. The van der Waals surface area contributed by atoms with E-state index in [0.717, 1.165) is 43.6 Å². The number of aryl methyl sites for hydroxylation is 1. The molecule has 3 rings (SSSR count). The highest BCUT2D eigenvalue weighted by Gasteiger charge is 2.27. The first-order valence-corrected chi connectivity index (χ1v) is 8.63. The lowest BCUT2D eigenvalue weighted by molar-refractivity contribution is 0.0696. The number of nitrogens with zero attached hydrogens (tertiary/aromatic N) is 2. The molecule has 1 aromatic heterocycles. The van der Waals surface area contributed by atoms with Gasteiger partial charge in [-0.3, -0.25) is 9.78 Å². The van der Waals surface area contributed by atoms with Gasteiger partial charge in [-0.15, -0.1) is 0 Å². The number of hydrogen-bond donors (Lipinski definition) is 1. The van der Waals surface area contributed by atoms with E-state index in [2.05, 4.69) is 4.98 Å². The standard InChI is InChI=1S/C20H22N2O3/c1-2-18-12-17(7-9-21-18)19(23)22-10-8-15(13-22)11-14-3-5-16(6-4-14)20(24)25/h3-7,9,12,15H,2,8,10-11,13H2,1H3,(H,24,25). The number of hydrogen-bond acceptors (Lipinski definition) is 3. The Balaban J connectivity index is 1.61. The quantitative estimate of drug-likeness (QED) is 0.909. The molecule has 130 valence electrons.